The average Bonchev–Trinajstić information content (AvgIpc) is 2.54. The normalized spacial score (nSPS) is 13.1. The highest BCUT2D eigenvalue weighted by Crippen LogP contribution is 2.41. The number of hydrogen-bond acceptors (Lipinski definition) is 4. The topological polar surface area (TPSA) is 68.7 Å². The number of ether oxygens (including phenoxy) is 2. The SMILES string of the molecule is CC(Oc1ccccc1Oc1ncc(C(F)(F)F)cc1C(F)(F)F)C(=O)O. The van der Waals surface area contributed by atoms with Crippen molar-refractivity contribution >= 4 is 5.97 Å². The third kappa shape index (κ3) is 5.02. The number of carboxylic acid groups (broad SMARTS) is 1. The van der Waals surface area contributed by atoms with E-state index in [4.69, 9.17) is 14.6 Å². The number of carboxylic acids is 1. The van der Waals surface area contributed by atoms with Gasteiger partial charge in [-0.15, -0.1) is 0 Å². The first-order valence-corrected chi connectivity index (χ1v) is 7.20. The Morgan fingerprint density at radius 2 is 1.67 bits per heavy atom. The average molecular weight is 395 g/mol. The highest BCUT2D eigenvalue weighted by Gasteiger charge is 2.40. The Kier molecular flexibility index (Phi) is 5.52. The molecule has 1 atom stereocenters. The maximum absolute atomic E-state index is 13.1. The summed E-state index contributed by atoms with van der Waals surface area (Å²) in [5.41, 5.74) is -3.33. The fraction of sp³-hybridized carbons (Fsp3) is 0.250. The molecule has 0 aliphatic carbocycles. The zero-order chi connectivity index (χ0) is 20.4. The van der Waals surface area contributed by atoms with E-state index in [1.807, 2.05) is 0 Å². The highest BCUT2D eigenvalue weighted by molar-refractivity contribution is 5.72. The van der Waals surface area contributed by atoms with Crippen LogP contribution < -0.4 is 9.47 Å². The monoisotopic (exact) mass is 395 g/mol. The minimum atomic E-state index is -5.17. The molecule has 2 aromatic rings. The van der Waals surface area contributed by atoms with Crippen molar-refractivity contribution in [3.63, 3.8) is 0 Å². The van der Waals surface area contributed by atoms with Gasteiger partial charge in [0.2, 0.25) is 5.88 Å². The summed E-state index contributed by atoms with van der Waals surface area (Å²) in [6, 6.07) is 5.02. The van der Waals surface area contributed by atoms with Crippen LogP contribution in [0, 0.1) is 0 Å². The van der Waals surface area contributed by atoms with Gasteiger partial charge in [0, 0.05) is 6.20 Å². The predicted molar refractivity (Wildman–Crippen MR) is 78.5 cm³/mol. The molecule has 0 spiro atoms. The molecule has 5 nitrogen and oxygen atoms in total. The van der Waals surface area contributed by atoms with Gasteiger partial charge in [-0.3, -0.25) is 0 Å². The first kappa shape index (κ1) is 20.3. The summed E-state index contributed by atoms with van der Waals surface area (Å²) in [5.74, 6) is -3.03. The maximum Gasteiger partial charge on any atom is 0.421 e. The van der Waals surface area contributed by atoms with Crippen LogP contribution in [0.5, 0.6) is 17.4 Å². The van der Waals surface area contributed by atoms with Gasteiger partial charge in [-0.25, -0.2) is 9.78 Å². The third-order valence-corrected chi connectivity index (χ3v) is 3.19. The molecule has 1 aromatic carbocycles. The van der Waals surface area contributed by atoms with E-state index in [1.165, 1.54) is 25.1 Å². The molecule has 11 heteroatoms. The Labute approximate surface area is 148 Å². The summed E-state index contributed by atoms with van der Waals surface area (Å²) < 4.78 is 87.5. The first-order chi connectivity index (χ1) is 12.4. The molecular formula is C16H11F6NO4. The van der Waals surface area contributed by atoms with Crippen molar-refractivity contribution in [3.8, 4) is 17.4 Å². The van der Waals surface area contributed by atoms with Gasteiger partial charge in [-0.2, -0.15) is 26.3 Å². The van der Waals surface area contributed by atoms with E-state index in [1.54, 1.807) is 0 Å². The number of hydrogen-bond donors (Lipinski definition) is 1. The van der Waals surface area contributed by atoms with Crippen molar-refractivity contribution in [2.24, 2.45) is 0 Å². The van der Waals surface area contributed by atoms with Crippen molar-refractivity contribution in [1.82, 2.24) is 4.98 Å². The third-order valence-electron chi connectivity index (χ3n) is 3.19. The minimum Gasteiger partial charge on any atom is -0.479 e. The van der Waals surface area contributed by atoms with Gasteiger partial charge in [-0.05, 0) is 25.1 Å². The largest absolute Gasteiger partial charge is 0.479 e. The molecule has 0 radical (unpaired) electrons. The van der Waals surface area contributed by atoms with E-state index in [-0.39, 0.29) is 23.8 Å². The zero-order valence-electron chi connectivity index (χ0n) is 13.4. The summed E-state index contributed by atoms with van der Waals surface area (Å²) in [6.45, 7) is 1.18. The highest BCUT2D eigenvalue weighted by atomic mass is 19.4. The lowest BCUT2D eigenvalue weighted by Gasteiger charge is -2.17. The van der Waals surface area contributed by atoms with Crippen molar-refractivity contribution in [3.05, 3.63) is 47.7 Å². The molecule has 146 valence electrons. The van der Waals surface area contributed by atoms with E-state index < -0.39 is 41.4 Å². The lowest BCUT2D eigenvalue weighted by molar-refractivity contribution is -0.145. The van der Waals surface area contributed by atoms with Gasteiger partial charge in [-0.1, -0.05) is 12.1 Å². The molecule has 1 unspecified atom stereocenters. The van der Waals surface area contributed by atoms with E-state index in [2.05, 4.69) is 4.98 Å². The standard InChI is InChI=1S/C16H11F6NO4/c1-8(14(24)25)26-11-4-2-3-5-12(11)27-13-10(16(20,21)22)6-9(7-23-13)15(17,18)19/h2-8H,1H3,(H,24,25). The van der Waals surface area contributed by atoms with Gasteiger partial charge < -0.3 is 14.6 Å². The molecule has 1 aromatic heterocycles. The lowest BCUT2D eigenvalue weighted by atomic mass is 10.2. The number of pyridine rings is 1. The summed E-state index contributed by atoms with van der Waals surface area (Å²) in [6.07, 6.45) is -11.3. The van der Waals surface area contributed by atoms with Gasteiger partial charge >= 0.3 is 18.3 Å². The number of nitrogens with zero attached hydrogens (tertiary/aromatic N) is 1. The second kappa shape index (κ2) is 7.33. The second-order valence-corrected chi connectivity index (χ2v) is 5.22. The van der Waals surface area contributed by atoms with Crippen LogP contribution >= 0.6 is 0 Å². The molecule has 0 fully saturated rings. The fourth-order valence-corrected chi connectivity index (χ4v) is 1.87. The number of aliphatic carboxylic acids is 1. The lowest BCUT2D eigenvalue weighted by Crippen LogP contribution is -2.23. The molecule has 0 saturated carbocycles. The van der Waals surface area contributed by atoms with Gasteiger partial charge in [0.05, 0.1) is 5.56 Å². The Balaban J connectivity index is 2.45. The Hall–Kier alpha value is -2.98. The Bertz CT molecular complexity index is 834. The Morgan fingerprint density at radius 1 is 1.07 bits per heavy atom. The molecule has 2 rings (SSSR count). The molecule has 0 bridgehead atoms. The Morgan fingerprint density at radius 3 is 2.19 bits per heavy atom. The fourth-order valence-electron chi connectivity index (χ4n) is 1.87. The molecule has 27 heavy (non-hydrogen) atoms. The number of halogens is 6. The van der Waals surface area contributed by atoms with Crippen molar-refractivity contribution < 1.29 is 45.7 Å². The number of para-hydroxylation sites is 2. The number of alkyl halides is 6. The molecule has 1 heterocycles. The van der Waals surface area contributed by atoms with Crippen molar-refractivity contribution in [2.45, 2.75) is 25.4 Å². The van der Waals surface area contributed by atoms with Crippen LogP contribution in [-0.2, 0) is 17.1 Å². The molecule has 0 aliphatic rings. The van der Waals surface area contributed by atoms with Gasteiger partial charge in [0.15, 0.2) is 17.6 Å². The molecule has 0 aliphatic heterocycles. The van der Waals surface area contributed by atoms with Gasteiger partial charge in [0.1, 0.15) is 5.56 Å². The maximum atomic E-state index is 13.1. The van der Waals surface area contributed by atoms with Gasteiger partial charge in [0.25, 0.3) is 0 Å². The van der Waals surface area contributed by atoms with Crippen LogP contribution in [0.15, 0.2) is 36.5 Å². The van der Waals surface area contributed by atoms with Crippen molar-refractivity contribution in [1.29, 1.82) is 0 Å². The van der Waals surface area contributed by atoms with E-state index >= 15 is 0 Å². The van der Waals surface area contributed by atoms with Crippen LogP contribution in [0.25, 0.3) is 0 Å². The summed E-state index contributed by atoms with van der Waals surface area (Å²) >= 11 is 0. The molecule has 0 amide bonds. The van der Waals surface area contributed by atoms with E-state index in [9.17, 15) is 31.1 Å². The molecular weight excluding hydrogens is 384 g/mol. The summed E-state index contributed by atoms with van der Waals surface area (Å²) in [5, 5.41) is 8.85. The number of carbonyl (C=O) groups is 1. The summed E-state index contributed by atoms with van der Waals surface area (Å²) in [4.78, 5) is 14.0. The van der Waals surface area contributed by atoms with E-state index in [0.717, 1.165) is 6.07 Å². The minimum absolute atomic E-state index is 0.119. The first-order valence-electron chi connectivity index (χ1n) is 7.20. The predicted octanol–water partition coefficient (Wildman–Crippen LogP) is 4.76. The smallest absolute Gasteiger partial charge is 0.421 e. The second-order valence-electron chi connectivity index (χ2n) is 5.22. The quantitative estimate of drug-likeness (QED) is 0.740. The summed E-state index contributed by atoms with van der Waals surface area (Å²) in [7, 11) is 0. The van der Waals surface area contributed by atoms with Crippen LogP contribution in [0.1, 0.15) is 18.1 Å². The molecule has 0 saturated heterocycles. The number of rotatable bonds is 5. The zero-order valence-corrected chi connectivity index (χ0v) is 13.4. The van der Waals surface area contributed by atoms with Crippen LogP contribution in [0.4, 0.5) is 26.3 Å². The van der Waals surface area contributed by atoms with E-state index in [0.29, 0.717) is 0 Å². The van der Waals surface area contributed by atoms with Crippen LogP contribution in [0.3, 0.4) is 0 Å². The number of aromatic nitrogens is 1. The molecule has 1 N–H and O–H groups in total. The van der Waals surface area contributed by atoms with Crippen molar-refractivity contribution in [2.75, 3.05) is 0 Å². The van der Waals surface area contributed by atoms with Crippen LogP contribution in [-0.4, -0.2) is 22.2 Å². The number of benzene rings is 1. The van der Waals surface area contributed by atoms with Crippen LogP contribution in [0.2, 0.25) is 0 Å².